The van der Waals surface area contributed by atoms with E-state index in [0.29, 0.717) is 11.3 Å². The van der Waals surface area contributed by atoms with E-state index in [0.717, 1.165) is 52.0 Å². The smallest absolute Gasteiger partial charge is 0.222 e. The standard InChI is InChI=1S/C14H23N5O/c20-13-2-3-14(4-6-15-7-5-14)12-18(13)9-1-10-19-11-8-16-17-19/h8,11,15H,1-7,9-10,12H2. The molecule has 2 aliphatic heterocycles. The minimum Gasteiger partial charge on any atom is -0.342 e. The maximum Gasteiger partial charge on any atom is 0.222 e. The van der Waals surface area contributed by atoms with E-state index in [2.05, 4.69) is 20.5 Å². The predicted molar refractivity (Wildman–Crippen MR) is 75.0 cm³/mol. The maximum absolute atomic E-state index is 12.1. The first-order valence-electron chi connectivity index (χ1n) is 7.60. The summed E-state index contributed by atoms with van der Waals surface area (Å²) < 4.78 is 1.83. The van der Waals surface area contributed by atoms with Gasteiger partial charge in [0.2, 0.25) is 5.91 Å². The molecule has 20 heavy (non-hydrogen) atoms. The summed E-state index contributed by atoms with van der Waals surface area (Å²) in [5.74, 6) is 0.327. The van der Waals surface area contributed by atoms with Gasteiger partial charge in [-0.1, -0.05) is 5.21 Å². The maximum atomic E-state index is 12.1. The molecule has 0 aromatic carbocycles. The molecule has 0 aliphatic carbocycles. The van der Waals surface area contributed by atoms with Gasteiger partial charge in [0.25, 0.3) is 0 Å². The van der Waals surface area contributed by atoms with Gasteiger partial charge < -0.3 is 10.2 Å². The number of hydrogen-bond donors (Lipinski definition) is 1. The molecule has 6 heteroatoms. The molecule has 0 radical (unpaired) electrons. The number of likely N-dealkylation sites (tertiary alicyclic amines) is 1. The van der Waals surface area contributed by atoms with Crippen molar-refractivity contribution in [1.29, 1.82) is 0 Å². The number of hydrogen-bond acceptors (Lipinski definition) is 4. The van der Waals surface area contributed by atoms with E-state index in [1.165, 1.54) is 12.8 Å². The lowest BCUT2D eigenvalue weighted by atomic mass is 9.73. The Labute approximate surface area is 119 Å². The summed E-state index contributed by atoms with van der Waals surface area (Å²) in [4.78, 5) is 14.2. The number of carbonyl (C=O) groups excluding carboxylic acids is 1. The Balaban J connectivity index is 1.52. The van der Waals surface area contributed by atoms with Crippen LogP contribution >= 0.6 is 0 Å². The third kappa shape index (κ3) is 3.00. The van der Waals surface area contributed by atoms with E-state index in [1.54, 1.807) is 6.20 Å². The molecule has 1 amide bonds. The highest BCUT2D eigenvalue weighted by Gasteiger charge is 2.38. The van der Waals surface area contributed by atoms with Crippen LogP contribution in [0.2, 0.25) is 0 Å². The Morgan fingerprint density at radius 2 is 2.10 bits per heavy atom. The van der Waals surface area contributed by atoms with Gasteiger partial charge in [0.15, 0.2) is 0 Å². The summed E-state index contributed by atoms with van der Waals surface area (Å²) in [6, 6.07) is 0. The summed E-state index contributed by atoms with van der Waals surface area (Å²) >= 11 is 0. The number of aryl methyl sites for hydroxylation is 1. The topological polar surface area (TPSA) is 63.1 Å². The van der Waals surface area contributed by atoms with Crippen LogP contribution in [-0.4, -0.2) is 52.0 Å². The first-order chi connectivity index (χ1) is 9.77. The number of aromatic nitrogens is 3. The van der Waals surface area contributed by atoms with E-state index in [4.69, 9.17) is 0 Å². The number of nitrogens with one attached hydrogen (secondary N) is 1. The fourth-order valence-corrected chi connectivity index (χ4v) is 3.45. The molecule has 1 aromatic rings. The molecule has 0 saturated carbocycles. The Kier molecular flexibility index (Phi) is 4.00. The zero-order valence-electron chi connectivity index (χ0n) is 11.9. The largest absolute Gasteiger partial charge is 0.342 e. The van der Waals surface area contributed by atoms with Gasteiger partial charge in [-0.25, -0.2) is 0 Å². The molecule has 0 atom stereocenters. The van der Waals surface area contributed by atoms with Gasteiger partial charge in [-0.05, 0) is 44.2 Å². The number of piperidine rings is 2. The lowest BCUT2D eigenvalue weighted by molar-refractivity contribution is -0.138. The summed E-state index contributed by atoms with van der Waals surface area (Å²) in [6.07, 6.45) is 8.72. The molecule has 2 fully saturated rings. The van der Waals surface area contributed by atoms with Gasteiger partial charge in [-0.2, -0.15) is 0 Å². The van der Waals surface area contributed by atoms with Crippen LogP contribution in [0.25, 0.3) is 0 Å². The van der Waals surface area contributed by atoms with Crippen molar-refractivity contribution in [2.75, 3.05) is 26.2 Å². The molecule has 3 heterocycles. The van der Waals surface area contributed by atoms with E-state index in [9.17, 15) is 4.79 Å². The number of rotatable bonds is 4. The Morgan fingerprint density at radius 3 is 2.85 bits per heavy atom. The average molecular weight is 277 g/mol. The van der Waals surface area contributed by atoms with E-state index >= 15 is 0 Å². The molecule has 1 aromatic heterocycles. The second-order valence-corrected chi connectivity index (χ2v) is 6.08. The molecule has 110 valence electrons. The van der Waals surface area contributed by atoms with E-state index < -0.39 is 0 Å². The van der Waals surface area contributed by atoms with E-state index in [1.807, 2.05) is 10.9 Å². The minimum absolute atomic E-state index is 0.327. The molecule has 1 N–H and O–H groups in total. The summed E-state index contributed by atoms with van der Waals surface area (Å²) in [6.45, 7) is 4.82. The van der Waals surface area contributed by atoms with Crippen LogP contribution in [-0.2, 0) is 11.3 Å². The Bertz CT molecular complexity index is 438. The monoisotopic (exact) mass is 277 g/mol. The van der Waals surface area contributed by atoms with Crippen molar-refractivity contribution < 1.29 is 4.79 Å². The summed E-state index contributed by atoms with van der Waals surface area (Å²) in [5.41, 5.74) is 0.381. The van der Waals surface area contributed by atoms with Crippen LogP contribution in [0.1, 0.15) is 32.1 Å². The lowest BCUT2D eigenvalue weighted by Gasteiger charge is -2.45. The first kappa shape index (κ1) is 13.5. The van der Waals surface area contributed by atoms with Crippen molar-refractivity contribution in [3.05, 3.63) is 12.4 Å². The normalized spacial score (nSPS) is 22.4. The van der Waals surface area contributed by atoms with Crippen LogP contribution in [0.4, 0.5) is 0 Å². The fourth-order valence-electron chi connectivity index (χ4n) is 3.45. The van der Waals surface area contributed by atoms with E-state index in [-0.39, 0.29) is 0 Å². The van der Waals surface area contributed by atoms with Crippen molar-refractivity contribution in [2.45, 2.75) is 38.6 Å². The van der Waals surface area contributed by atoms with Gasteiger partial charge in [0.05, 0.1) is 6.20 Å². The van der Waals surface area contributed by atoms with Crippen molar-refractivity contribution >= 4 is 5.91 Å². The molecule has 3 rings (SSSR count). The molecule has 2 aliphatic rings. The van der Waals surface area contributed by atoms with Crippen LogP contribution in [0.5, 0.6) is 0 Å². The van der Waals surface area contributed by atoms with Crippen molar-refractivity contribution in [3.63, 3.8) is 0 Å². The number of nitrogens with zero attached hydrogens (tertiary/aromatic N) is 4. The second kappa shape index (κ2) is 5.91. The van der Waals surface area contributed by atoms with Crippen LogP contribution in [0.3, 0.4) is 0 Å². The van der Waals surface area contributed by atoms with Gasteiger partial charge in [0, 0.05) is 32.3 Å². The van der Waals surface area contributed by atoms with Crippen LogP contribution in [0.15, 0.2) is 12.4 Å². The Morgan fingerprint density at radius 1 is 1.25 bits per heavy atom. The van der Waals surface area contributed by atoms with Gasteiger partial charge in [-0.15, -0.1) is 5.10 Å². The third-order valence-electron chi connectivity index (χ3n) is 4.70. The van der Waals surface area contributed by atoms with Gasteiger partial charge in [0.1, 0.15) is 0 Å². The van der Waals surface area contributed by atoms with Crippen LogP contribution < -0.4 is 5.32 Å². The summed E-state index contributed by atoms with van der Waals surface area (Å²) in [5, 5.41) is 11.2. The highest BCUT2D eigenvalue weighted by atomic mass is 16.2. The Hall–Kier alpha value is -1.43. The minimum atomic E-state index is 0.327. The first-order valence-corrected chi connectivity index (χ1v) is 7.60. The predicted octanol–water partition coefficient (Wildman–Crippen LogP) is 0.660. The van der Waals surface area contributed by atoms with Crippen LogP contribution in [0, 0.1) is 5.41 Å². The van der Waals surface area contributed by atoms with Crippen molar-refractivity contribution in [3.8, 4) is 0 Å². The zero-order chi connectivity index (χ0) is 13.8. The highest BCUT2D eigenvalue weighted by Crippen LogP contribution is 2.38. The zero-order valence-corrected chi connectivity index (χ0v) is 11.9. The molecule has 1 spiro atoms. The fraction of sp³-hybridized carbons (Fsp3) is 0.786. The SMILES string of the molecule is O=C1CCC2(CCNCC2)CN1CCCn1ccnn1. The van der Waals surface area contributed by atoms with Gasteiger partial charge in [-0.3, -0.25) is 9.48 Å². The molecular formula is C14H23N5O. The lowest BCUT2D eigenvalue weighted by Crippen LogP contribution is -2.50. The van der Waals surface area contributed by atoms with Crippen molar-refractivity contribution in [2.24, 2.45) is 5.41 Å². The molecule has 6 nitrogen and oxygen atoms in total. The quantitative estimate of drug-likeness (QED) is 0.878. The summed E-state index contributed by atoms with van der Waals surface area (Å²) in [7, 11) is 0. The molecular weight excluding hydrogens is 254 g/mol. The third-order valence-corrected chi connectivity index (χ3v) is 4.70. The second-order valence-electron chi connectivity index (χ2n) is 6.08. The average Bonchev–Trinajstić information content (AvgIpc) is 2.97. The highest BCUT2D eigenvalue weighted by molar-refractivity contribution is 5.77. The number of carbonyl (C=O) groups is 1. The molecule has 0 bridgehead atoms. The molecule has 0 unspecified atom stereocenters. The van der Waals surface area contributed by atoms with Gasteiger partial charge >= 0.3 is 0 Å². The van der Waals surface area contributed by atoms with Crippen molar-refractivity contribution in [1.82, 2.24) is 25.2 Å². The number of amides is 1. The molecule has 2 saturated heterocycles.